The Balaban J connectivity index is 2.05. The molecule has 2 heterocycles. The van der Waals surface area contributed by atoms with Crippen LogP contribution in [-0.2, 0) is 14.3 Å². The Bertz CT molecular complexity index is 450. The number of hydrogen-bond donors (Lipinski definition) is 1. The van der Waals surface area contributed by atoms with Crippen LogP contribution in [0.15, 0.2) is 22.9 Å². The number of pyridine rings is 1. The van der Waals surface area contributed by atoms with Crippen molar-refractivity contribution in [3.8, 4) is 0 Å². The normalized spacial score (nSPS) is 19.8. The first-order valence-electron chi connectivity index (χ1n) is 6.82. The Kier molecular flexibility index (Phi) is 5.94. The van der Waals surface area contributed by atoms with E-state index in [4.69, 9.17) is 9.47 Å². The maximum absolute atomic E-state index is 12.1. The average Bonchev–Trinajstić information content (AvgIpc) is 2.92. The van der Waals surface area contributed by atoms with E-state index in [9.17, 15) is 4.79 Å². The number of rotatable bonds is 6. The molecular weight excluding hydrogens is 324 g/mol. The Morgan fingerprint density at radius 2 is 2.50 bits per heavy atom. The second-order valence-electron chi connectivity index (χ2n) is 4.66. The van der Waals surface area contributed by atoms with Crippen LogP contribution in [0.3, 0.4) is 0 Å². The van der Waals surface area contributed by atoms with Crippen LogP contribution in [0.5, 0.6) is 0 Å². The molecular formula is C14H19BrN2O3. The van der Waals surface area contributed by atoms with Crippen molar-refractivity contribution in [2.75, 3.05) is 19.8 Å². The number of esters is 1. The molecule has 0 amide bonds. The Morgan fingerprint density at radius 3 is 3.15 bits per heavy atom. The van der Waals surface area contributed by atoms with Gasteiger partial charge >= 0.3 is 5.97 Å². The summed E-state index contributed by atoms with van der Waals surface area (Å²) in [6, 6.07) is 1.36. The number of carbonyl (C=O) groups is 1. The van der Waals surface area contributed by atoms with Gasteiger partial charge in [-0.25, -0.2) is 4.79 Å². The molecule has 1 N–H and O–H groups in total. The predicted molar refractivity (Wildman–Crippen MR) is 78.3 cm³/mol. The van der Waals surface area contributed by atoms with E-state index in [1.165, 1.54) is 0 Å². The van der Waals surface area contributed by atoms with E-state index in [-0.39, 0.29) is 12.1 Å². The van der Waals surface area contributed by atoms with Crippen molar-refractivity contribution in [1.82, 2.24) is 10.3 Å². The number of halogens is 1. The summed E-state index contributed by atoms with van der Waals surface area (Å²) in [7, 11) is 0. The van der Waals surface area contributed by atoms with Gasteiger partial charge in [0.15, 0.2) is 0 Å². The summed E-state index contributed by atoms with van der Waals surface area (Å²) >= 11 is 3.37. The molecule has 110 valence electrons. The lowest BCUT2D eigenvalue weighted by Gasteiger charge is -2.19. The standard InChI is InChI=1S/C14H19BrN2O3/c1-2-19-14(18)13(10-6-11(15)8-16-7-10)17-9-12-4-3-5-20-12/h6-8,12-13,17H,2-5,9H2,1H3. The van der Waals surface area contributed by atoms with Crippen molar-refractivity contribution in [2.45, 2.75) is 31.9 Å². The van der Waals surface area contributed by atoms with Gasteiger partial charge in [-0.05, 0) is 47.3 Å². The van der Waals surface area contributed by atoms with Gasteiger partial charge in [-0.3, -0.25) is 10.3 Å². The quantitative estimate of drug-likeness (QED) is 0.803. The fourth-order valence-electron chi connectivity index (χ4n) is 2.20. The molecule has 1 aromatic rings. The molecule has 2 unspecified atom stereocenters. The molecule has 0 bridgehead atoms. The SMILES string of the molecule is CCOC(=O)C(NCC1CCCO1)c1cncc(Br)c1. The molecule has 0 aliphatic carbocycles. The van der Waals surface area contributed by atoms with Crippen LogP contribution in [0.25, 0.3) is 0 Å². The second kappa shape index (κ2) is 7.71. The van der Waals surface area contributed by atoms with Gasteiger partial charge in [-0.15, -0.1) is 0 Å². The summed E-state index contributed by atoms with van der Waals surface area (Å²) in [4.78, 5) is 16.2. The highest BCUT2D eigenvalue weighted by molar-refractivity contribution is 9.10. The van der Waals surface area contributed by atoms with Crippen molar-refractivity contribution in [2.24, 2.45) is 0 Å². The minimum Gasteiger partial charge on any atom is -0.465 e. The minimum atomic E-state index is -0.510. The third-order valence-electron chi connectivity index (χ3n) is 3.16. The van der Waals surface area contributed by atoms with Crippen LogP contribution in [0, 0.1) is 0 Å². The van der Waals surface area contributed by atoms with Crippen molar-refractivity contribution in [3.05, 3.63) is 28.5 Å². The number of nitrogens with zero attached hydrogens (tertiary/aromatic N) is 1. The third kappa shape index (κ3) is 4.26. The maximum Gasteiger partial charge on any atom is 0.327 e. The van der Waals surface area contributed by atoms with Crippen LogP contribution in [0.2, 0.25) is 0 Å². The van der Waals surface area contributed by atoms with Crippen molar-refractivity contribution in [3.63, 3.8) is 0 Å². The van der Waals surface area contributed by atoms with Crippen LogP contribution < -0.4 is 5.32 Å². The van der Waals surface area contributed by atoms with E-state index in [2.05, 4.69) is 26.2 Å². The van der Waals surface area contributed by atoms with E-state index in [0.29, 0.717) is 13.2 Å². The molecule has 0 aromatic carbocycles. The fourth-order valence-corrected chi connectivity index (χ4v) is 2.59. The molecule has 1 aliphatic heterocycles. The molecule has 1 aliphatic rings. The molecule has 1 saturated heterocycles. The van der Waals surface area contributed by atoms with Gasteiger partial charge in [-0.1, -0.05) is 0 Å². The van der Waals surface area contributed by atoms with Gasteiger partial charge in [-0.2, -0.15) is 0 Å². The monoisotopic (exact) mass is 342 g/mol. The first-order chi connectivity index (χ1) is 9.70. The van der Waals surface area contributed by atoms with Gasteiger partial charge in [0.2, 0.25) is 0 Å². The molecule has 2 atom stereocenters. The van der Waals surface area contributed by atoms with Crippen molar-refractivity contribution < 1.29 is 14.3 Å². The summed E-state index contributed by atoms with van der Waals surface area (Å²) in [5.74, 6) is -0.287. The lowest BCUT2D eigenvalue weighted by atomic mass is 10.1. The first-order valence-corrected chi connectivity index (χ1v) is 7.62. The predicted octanol–water partition coefficient (Wildman–Crippen LogP) is 2.22. The lowest BCUT2D eigenvalue weighted by Crippen LogP contribution is -2.35. The molecule has 0 radical (unpaired) electrons. The number of aromatic nitrogens is 1. The van der Waals surface area contributed by atoms with E-state index < -0.39 is 6.04 Å². The number of hydrogen-bond acceptors (Lipinski definition) is 5. The van der Waals surface area contributed by atoms with E-state index >= 15 is 0 Å². The summed E-state index contributed by atoms with van der Waals surface area (Å²) in [6.45, 7) is 3.59. The van der Waals surface area contributed by atoms with Crippen LogP contribution in [0.4, 0.5) is 0 Å². The minimum absolute atomic E-state index is 0.173. The highest BCUT2D eigenvalue weighted by atomic mass is 79.9. The topological polar surface area (TPSA) is 60.5 Å². The van der Waals surface area contributed by atoms with E-state index in [1.54, 1.807) is 19.3 Å². The largest absolute Gasteiger partial charge is 0.465 e. The maximum atomic E-state index is 12.1. The van der Waals surface area contributed by atoms with Gasteiger partial charge < -0.3 is 9.47 Å². The van der Waals surface area contributed by atoms with Crippen LogP contribution in [0.1, 0.15) is 31.4 Å². The van der Waals surface area contributed by atoms with E-state index in [0.717, 1.165) is 29.5 Å². The smallest absolute Gasteiger partial charge is 0.327 e. The Hall–Kier alpha value is -0.980. The van der Waals surface area contributed by atoms with Crippen molar-refractivity contribution >= 4 is 21.9 Å². The highest BCUT2D eigenvalue weighted by Crippen LogP contribution is 2.19. The molecule has 6 heteroatoms. The van der Waals surface area contributed by atoms with Crippen LogP contribution >= 0.6 is 15.9 Å². The molecule has 0 spiro atoms. The molecule has 2 rings (SSSR count). The van der Waals surface area contributed by atoms with E-state index in [1.807, 2.05) is 6.07 Å². The van der Waals surface area contributed by atoms with Gasteiger partial charge in [0, 0.05) is 30.0 Å². The molecule has 1 fully saturated rings. The van der Waals surface area contributed by atoms with Gasteiger partial charge in [0.25, 0.3) is 0 Å². The first kappa shape index (κ1) is 15.4. The Labute approximate surface area is 127 Å². The summed E-state index contributed by atoms with van der Waals surface area (Å²) in [5, 5.41) is 3.23. The summed E-state index contributed by atoms with van der Waals surface area (Å²) in [5.41, 5.74) is 0.788. The third-order valence-corrected chi connectivity index (χ3v) is 3.59. The van der Waals surface area contributed by atoms with Gasteiger partial charge in [0.05, 0.1) is 12.7 Å². The zero-order chi connectivity index (χ0) is 14.4. The number of nitrogens with one attached hydrogen (secondary N) is 1. The van der Waals surface area contributed by atoms with Gasteiger partial charge in [0.1, 0.15) is 6.04 Å². The Morgan fingerprint density at radius 1 is 1.65 bits per heavy atom. The molecule has 1 aromatic heterocycles. The summed E-state index contributed by atoms with van der Waals surface area (Å²) < 4.78 is 11.5. The zero-order valence-electron chi connectivity index (χ0n) is 11.5. The fraction of sp³-hybridized carbons (Fsp3) is 0.571. The number of carbonyl (C=O) groups excluding carboxylic acids is 1. The zero-order valence-corrected chi connectivity index (χ0v) is 13.1. The lowest BCUT2D eigenvalue weighted by molar-refractivity contribution is -0.146. The molecule has 20 heavy (non-hydrogen) atoms. The highest BCUT2D eigenvalue weighted by Gasteiger charge is 2.24. The second-order valence-corrected chi connectivity index (χ2v) is 5.58. The van der Waals surface area contributed by atoms with Crippen LogP contribution in [-0.4, -0.2) is 36.8 Å². The molecule has 0 saturated carbocycles. The molecule has 5 nitrogen and oxygen atoms in total. The number of ether oxygens (including phenoxy) is 2. The average molecular weight is 343 g/mol. The summed E-state index contributed by atoms with van der Waals surface area (Å²) in [6.07, 6.45) is 5.64. The van der Waals surface area contributed by atoms with Crippen molar-refractivity contribution in [1.29, 1.82) is 0 Å².